The van der Waals surface area contributed by atoms with Crippen molar-refractivity contribution in [2.24, 2.45) is 5.73 Å². The van der Waals surface area contributed by atoms with Crippen molar-refractivity contribution in [3.8, 4) is 5.75 Å². The molecule has 0 fully saturated rings. The summed E-state index contributed by atoms with van der Waals surface area (Å²) in [5.41, 5.74) is 10.1. The lowest BCUT2D eigenvalue weighted by Gasteiger charge is -2.18. The van der Waals surface area contributed by atoms with E-state index in [1.807, 2.05) is 0 Å². The van der Waals surface area contributed by atoms with Crippen LogP contribution in [-0.2, 0) is 6.42 Å². The van der Waals surface area contributed by atoms with Crippen LogP contribution in [0.5, 0.6) is 5.75 Å². The zero-order valence-electron chi connectivity index (χ0n) is 11.8. The van der Waals surface area contributed by atoms with Gasteiger partial charge in [0.1, 0.15) is 5.75 Å². The molecule has 1 unspecified atom stereocenters. The zero-order valence-corrected chi connectivity index (χ0v) is 11.8. The fourth-order valence-electron chi connectivity index (χ4n) is 3.17. The van der Waals surface area contributed by atoms with E-state index in [1.54, 1.807) is 0 Å². The molecule has 0 saturated carbocycles. The van der Waals surface area contributed by atoms with Gasteiger partial charge in [0, 0.05) is 12.0 Å². The third-order valence-electron chi connectivity index (χ3n) is 4.24. The van der Waals surface area contributed by atoms with Gasteiger partial charge in [0.25, 0.3) is 0 Å². The van der Waals surface area contributed by atoms with E-state index in [9.17, 15) is 0 Å². The summed E-state index contributed by atoms with van der Waals surface area (Å²) in [5, 5.41) is 2.43. The van der Waals surface area contributed by atoms with Crippen molar-refractivity contribution in [2.45, 2.75) is 12.5 Å². The van der Waals surface area contributed by atoms with Crippen molar-refractivity contribution in [3.05, 3.63) is 77.4 Å². The summed E-state index contributed by atoms with van der Waals surface area (Å²) >= 11 is 0. The Morgan fingerprint density at radius 3 is 2.57 bits per heavy atom. The van der Waals surface area contributed by atoms with Gasteiger partial charge in [-0.2, -0.15) is 0 Å². The molecule has 0 saturated heterocycles. The lowest BCUT2D eigenvalue weighted by molar-refractivity contribution is 0.352. The Balaban J connectivity index is 1.88. The van der Waals surface area contributed by atoms with Crippen LogP contribution >= 0.6 is 0 Å². The van der Waals surface area contributed by atoms with Gasteiger partial charge >= 0.3 is 0 Å². The maximum atomic E-state index is 6.58. The van der Waals surface area contributed by atoms with Crippen molar-refractivity contribution in [2.75, 3.05) is 6.61 Å². The predicted octanol–water partition coefficient (Wildman–Crippen LogP) is 3.82. The molecular weight excluding hydrogens is 258 g/mol. The summed E-state index contributed by atoms with van der Waals surface area (Å²) < 4.78 is 5.80. The highest BCUT2D eigenvalue weighted by molar-refractivity contribution is 5.86. The largest absolute Gasteiger partial charge is 0.493 e. The Morgan fingerprint density at radius 2 is 1.62 bits per heavy atom. The Labute approximate surface area is 124 Å². The molecular formula is C19H17NO. The molecule has 1 aliphatic heterocycles. The number of rotatable bonds is 2. The van der Waals surface area contributed by atoms with Gasteiger partial charge in [-0.25, -0.2) is 0 Å². The van der Waals surface area contributed by atoms with E-state index in [0.29, 0.717) is 0 Å². The van der Waals surface area contributed by atoms with Crippen LogP contribution in [0.1, 0.15) is 22.7 Å². The lowest BCUT2D eigenvalue weighted by atomic mass is 9.93. The molecule has 104 valence electrons. The van der Waals surface area contributed by atoms with Crippen molar-refractivity contribution >= 4 is 10.8 Å². The number of fused-ring (bicyclic) bond motifs is 2. The summed E-state index contributed by atoms with van der Waals surface area (Å²) in [6.07, 6.45) is 0.978. The molecule has 2 N–H and O–H groups in total. The number of para-hydroxylation sites is 1. The number of nitrogens with two attached hydrogens (primary N) is 1. The molecule has 0 bridgehead atoms. The van der Waals surface area contributed by atoms with Crippen LogP contribution in [0.15, 0.2) is 60.7 Å². The van der Waals surface area contributed by atoms with Gasteiger partial charge < -0.3 is 10.5 Å². The van der Waals surface area contributed by atoms with Gasteiger partial charge in [-0.05, 0) is 21.9 Å². The summed E-state index contributed by atoms with van der Waals surface area (Å²) in [6.45, 7) is 0.759. The van der Waals surface area contributed by atoms with Crippen molar-refractivity contribution in [3.63, 3.8) is 0 Å². The van der Waals surface area contributed by atoms with Crippen LogP contribution in [0.3, 0.4) is 0 Å². The molecule has 0 spiro atoms. The fourth-order valence-corrected chi connectivity index (χ4v) is 3.17. The van der Waals surface area contributed by atoms with Crippen LogP contribution in [-0.4, -0.2) is 6.61 Å². The van der Waals surface area contributed by atoms with Gasteiger partial charge in [0.05, 0.1) is 12.6 Å². The quantitative estimate of drug-likeness (QED) is 0.771. The average Bonchev–Trinajstić information content (AvgIpc) is 3.02. The first kappa shape index (κ1) is 12.4. The van der Waals surface area contributed by atoms with E-state index in [-0.39, 0.29) is 6.04 Å². The molecule has 4 rings (SSSR count). The second kappa shape index (κ2) is 4.90. The van der Waals surface area contributed by atoms with Crippen LogP contribution in [0.4, 0.5) is 0 Å². The summed E-state index contributed by atoms with van der Waals surface area (Å²) in [7, 11) is 0. The Kier molecular flexibility index (Phi) is 2.90. The standard InChI is InChI=1S/C19H17NO/c20-18(17-10-4-7-14-11-12-21-19(14)17)16-9-3-6-13-5-1-2-8-15(13)16/h1-10,18H,11-12,20H2. The Bertz CT molecular complexity index is 804. The molecule has 3 aromatic rings. The maximum absolute atomic E-state index is 6.58. The van der Waals surface area contributed by atoms with E-state index in [4.69, 9.17) is 10.5 Å². The topological polar surface area (TPSA) is 35.2 Å². The molecule has 0 amide bonds. The molecule has 1 aliphatic rings. The van der Waals surface area contributed by atoms with E-state index in [1.165, 1.54) is 16.3 Å². The van der Waals surface area contributed by atoms with Gasteiger partial charge in [0.2, 0.25) is 0 Å². The smallest absolute Gasteiger partial charge is 0.127 e. The molecule has 1 atom stereocenters. The molecule has 2 nitrogen and oxygen atoms in total. The van der Waals surface area contributed by atoms with Crippen LogP contribution in [0.2, 0.25) is 0 Å². The lowest BCUT2D eigenvalue weighted by Crippen LogP contribution is -2.13. The zero-order chi connectivity index (χ0) is 14.2. The number of benzene rings is 3. The van der Waals surface area contributed by atoms with Crippen molar-refractivity contribution < 1.29 is 4.74 Å². The minimum Gasteiger partial charge on any atom is -0.493 e. The molecule has 3 aromatic carbocycles. The molecule has 1 heterocycles. The predicted molar refractivity (Wildman–Crippen MR) is 85.6 cm³/mol. The summed E-state index contributed by atoms with van der Waals surface area (Å²) in [6, 6.07) is 20.8. The fraction of sp³-hybridized carbons (Fsp3) is 0.158. The summed E-state index contributed by atoms with van der Waals surface area (Å²) in [5.74, 6) is 0.984. The molecule has 0 aromatic heterocycles. The highest BCUT2D eigenvalue weighted by atomic mass is 16.5. The van der Waals surface area contributed by atoms with Crippen LogP contribution < -0.4 is 10.5 Å². The van der Waals surface area contributed by atoms with Crippen LogP contribution in [0, 0.1) is 0 Å². The number of ether oxygens (including phenoxy) is 1. The third-order valence-corrected chi connectivity index (χ3v) is 4.24. The number of hydrogen-bond donors (Lipinski definition) is 1. The summed E-state index contributed by atoms with van der Waals surface area (Å²) in [4.78, 5) is 0. The van der Waals surface area contributed by atoms with E-state index in [2.05, 4.69) is 60.7 Å². The van der Waals surface area contributed by atoms with Crippen LogP contribution in [0.25, 0.3) is 10.8 Å². The highest BCUT2D eigenvalue weighted by Gasteiger charge is 2.21. The van der Waals surface area contributed by atoms with Crippen molar-refractivity contribution in [1.82, 2.24) is 0 Å². The minimum atomic E-state index is -0.163. The molecule has 0 aliphatic carbocycles. The van der Waals surface area contributed by atoms with Gasteiger partial charge in [-0.3, -0.25) is 0 Å². The normalized spacial score (nSPS) is 14.7. The second-order valence-corrected chi connectivity index (χ2v) is 5.48. The van der Waals surface area contributed by atoms with Gasteiger partial charge in [0.15, 0.2) is 0 Å². The average molecular weight is 275 g/mol. The first-order valence-electron chi connectivity index (χ1n) is 7.32. The molecule has 21 heavy (non-hydrogen) atoms. The second-order valence-electron chi connectivity index (χ2n) is 5.48. The Hall–Kier alpha value is -2.32. The molecule has 2 heteroatoms. The van der Waals surface area contributed by atoms with Crippen molar-refractivity contribution in [1.29, 1.82) is 0 Å². The monoisotopic (exact) mass is 275 g/mol. The first-order valence-corrected chi connectivity index (χ1v) is 7.32. The van der Waals surface area contributed by atoms with E-state index < -0.39 is 0 Å². The number of hydrogen-bond acceptors (Lipinski definition) is 2. The van der Waals surface area contributed by atoms with E-state index >= 15 is 0 Å². The van der Waals surface area contributed by atoms with Gasteiger partial charge in [-0.15, -0.1) is 0 Å². The van der Waals surface area contributed by atoms with Gasteiger partial charge in [-0.1, -0.05) is 60.7 Å². The third kappa shape index (κ3) is 1.99. The highest BCUT2D eigenvalue weighted by Crippen LogP contribution is 2.36. The van der Waals surface area contributed by atoms with E-state index in [0.717, 1.165) is 29.9 Å². The maximum Gasteiger partial charge on any atom is 0.127 e. The first-order chi connectivity index (χ1) is 10.3. The molecule has 0 radical (unpaired) electrons. The SMILES string of the molecule is NC(c1cccc2c1OCC2)c1cccc2ccccc12. The Morgan fingerprint density at radius 1 is 0.857 bits per heavy atom. The minimum absolute atomic E-state index is 0.163.